The minimum atomic E-state index is -0.191. The first-order chi connectivity index (χ1) is 13.0. The van der Waals surface area contributed by atoms with E-state index in [-0.39, 0.29) is 35.6 Å². The molecule has 0 aromatic carbocycles. The molecule has 0 spiro atoms. The smallest absolute Gasteiger partial charge is 0.227 e. The number of hydrogen-bond donors (Lipinski definition) is 0. The maximum Gasteiger partial charge on any atom is 0.227 e. The van der Waals surface area contributed by atoms with Crippen molar-refractivity contribution in [3.05, 3.63) is 40.5 Å². The van der Waals surface area contributed by atoms with Gasteiger partial charge in [-0.25, -0.2) is 0 Å². The number of amides is 1. The van der Waals surface area contributed by atoms with Gasteiger partial charge in [0, 0.05) is 42.5 Å². The van der Waals surface area contributed by atoms with Crippen LogP contribution in [0.25, 0.3) is 0 Å². The van der Waals surface area contributed by atoms with Crippen molar-refractivity contribution in [3.8, 4) is 0 Å². The van der Waals surface area contributed by atoms with Gasteiger partial charge >= 0.3 is 0 Å². The number of aromatic nitrogens is 2. The Morgan fingerprint density at radius 1 is 1.32 bits per heavy atom. The van der Waals surface area contributed by atoms with Gasteiger partial charge in [-0.3, -0.25) is 9.59 Å². The molecule has 0 saturated heterocycles. The van der Waals surface area contributed by atoms with E-state index in [2.05, 4.69) is 37.4 Å². The third kappa shape index (κ3) is 3.52. The first-order valence-corrected chi connectivity index (χ1v) is 9.95. The molecule has 0 unspecified atom stereocenters. The number of ketones is 1. The Kier molecular flexibility index (Phi) is 5.26. The van der Waals surface area contributed by atoms with E-state index in [0.717, 1.165) is 28.9 Å². The Morgan fingerprint density at radius 3 is 2.57 bits per heavy atom. The number of Topliss-reactive ketones (excluding diaryl/α,β-unsaturated/α-hetero) is 1. The molecule has 0 aliphatic heterocycles. The number of fused-ring (bicyclic) bond motifs is 1. The monoisotopic (exact) mass is 385 g/mol. The van der Waals surface area contributed by atoms with Crippen LogP contribution in [-0.2, 0) is 17.6 Å². The quantitative estimate of drug-likeness (QED) is 0.770. The zero-order chi connectivity index (χ0) is 20.8. The highest BCUT2D eigenvalue weighted by molar-refractivity contribution is 6.01. The zero-order valence-corrected chi connectivity index (χ0v) is 18.0. The summed E-state index contributed by atoms with van der Waals surface area (Å²) in [5, 5.41) is 3.94. The molecule has 0 bridgehead atoms. The number of likely N-dealkylation sites (N-methyl/N-ethyl adjacent to an activating group) is 1. The van der Waals surface area contributed by atoms with Crippen molar-refractivity contribution in [2.24, 2.45) is 5.41 Å². The molecular formula is C22H31N3O3. The van der Waals surface area contributed by atoms with Gasteiger partial charge < -0.3 is 14.0 Å². The van der Waals surface area contributed by atoms with Crippen LogP contribution in [0.1, 0.15) is 86.1 Å². The average Bonchev–Trinajstić information content (AvgIpc) is 3.19. The fourth-order valence-corrected chi connectivity index (χ4v) is 4.41. The second-order valence-corrected chi connectivity index (χ2v) is 9.07. The van der Waals surface area contributed by atoms with Crippen molar-refractivity contribution >= 4 is 11.7 Å². The summed E-state index contributed by atoms with van der Waals surface area (Å²) in [5.41, 5.74) is 4.44. The number of hydrogen-bond acceptors (Lipinski definition) is 4. The van der Waals surface area contributed by atoms with Gasteiger partial charge in [-0.05, 0) is 45.1 Å². The van der Waals surface area contributed by atoms with Crippen LogP contribution in [0.3, 0.4) is 0 Å². The summed E-state index contributed by atoms with van der Waals surface area (Å²) in [6, 6.07) is 1.82. The van der Waals surface area contributed by atoms with Gasteiger partial charge in [-0.2, -0.15) is 0 Å². The summed E-state index contributed by atoms with van der Waals surface area (Å²) < 4.78 is 7.15. The Balaban J connectivity index is 1.97. The van der Waals surface area contributed by atoms with E-state index in [1.807, 2.05) is 13.8 Å². The number of nitrogens with zero attached hydrogens (tertiary/aromatic N) is 3. The molecule has 28 heavy (non-hydrogen) atoms. The van der Waals surface area contributed by atoms with E-state index in [9.17, 15) is 9.59 Å². The van der Waals surface area contributed by atoms with E-state index in [1.165, 1.54) is 6.26 Å². The lowest BCUT2D eigenvalue weighted by Crippen LogP contribution is -2.32. The highest BCUT2D eigenvalue weighted by Crippen LogP contribution is 2.40. The average molecular weight is 386 g/mol. The van der Waals surface area contributed by atoms with Crippen LogP contribution in [0, 0.1) is 12.3 Å². The van der Waals surface area contributed by atoms with Crippen molar-refractivity contribution in [1.82, 2.24) is 14.6 Å². The summed E-state index contributed by atoms with van der Waals surface area (Å²) in [7, 11) is 1.77. The summed E-state index contributed by atoms with van der Waals surface area (Å²) >= 11 is 0. The van der Waals surface area contributed by atoms with E-state index in [0.29, 0.717) is 12.1 Å². The van der Waals surface area contributed by atoms with Gasteiger partial charge in [0.25, 0.3) is 0 Å². The first kappa shape index (κ1) is 20.4. The van der Waals surface area contributed by atoms with Gasteiger partial charge in [0.1, 0.15) is 12.0 Å². The normalized spacial score (nSPS) is 16.9. The number of carbonyl (C=O) groups is 2. The molecule has 1 aliphatic carbocycles. The highest BCUT2D eigenvalue weighted by atomic mass is 16.5. The lowest BCUT2D eigenvalue weighted by Gasteiger charge is -2.31. The SMILES string of the molecule is Cc1c(CC(=O)N(C)[C@@H](C)c2ccon2)c2c(n1C(C)C)CC(C)(C)CC2=O. The Morgan fingerprint density at radius 2 is 2.00 bits per heavy atom. The second kappa shape index (κ2) is 7.22. The lowest BCUT2D eigenvalue weighted by atomic mass is 9.75. The van der Waals surface area contributed by atoms with Crippen LogP contribution in [0.15, 0.2) is 16.9 Å². The van der Waals surface area contributed by atoms with Crippen molar-refractivity contribution in [3.63, 3.8) is 0 Å². The molecule has 2 aromatic heterocycles. The largest absolute Gasteiger partial charge is 0.364 e. The maximum atomic E-state index is 13.0. The predicted molar refractivity (Wildman–Crippen MR) is 107 cm³/mol. The van der Waals surface area contributed by atoms with Crippen molar-refractivity contribution in [2.45, 2.75) is 72.9 Å². The molecule has 2 heterocycles. The summed E-state index contributed by atoms with van der Waals surface area (Å²) in [4.78, 5) is 27.7. The molecule has 0 radical (unpaired) electrons. The molecule has 6 nitrogen and oxygen atoms in total. The predicted octanol–water partition coefficient (Wildman–Crippen LogP) is 4.28. The number of carbonyl (C=O) groups excluding carboxylic acids is 2. The standard InChI is InChI=1S/C22H31N3O3/c1-13(2)25-14(3)16(21-18(25)11-22(5,6)12-19(21)26)10-20(27)24(7)15(4)17-8-9-28-23-17/h8-9,13,15H,10-12H2,1-7H3/t15-/m0/s1. The third-order valence-electron chi connectivity index (χ3n) is 5.95. The summed E-state index contributed by atoms with van der Waals surface area (Å²) in [6.45, 7) is 12.5. The molecule has 3 rings (SSSR count). The lowest BCUT2D eigenvalue weighted by molar-refractivity contribution is -0.131. The first-order valence-electron chi connectivity index (χ1n) is 9.95. The van der Waals surface area contributed by atoms with Crippen molar-refractivity contribution in [1.29, 1.82) is 0 Å². The van der Waals surface area contributed by atoms with E-state index in [4.69, 9.17) is 4.52 Å². The van der Waals surface area contributed by atoms with Crippen molar-refractivity contribution in [2.75, 3.05) is 7.05 Å². The third-order valence-corrected chi connectivity index (χ3v) is 5.95. The van der Waals surface area contributed by atoms with Gasteiger partial charge in [0.2, 0.25) is 5.91 Å². The Hall–Kier alpha value is -2.37. The molecule has 1 aliphatic rings. The fourth-order valence-electron chi connectivity index (χ4n) is 4.41. The van der Waals surface area contributed by atoms with Gasteiger partial charge in [-0.1, -0.05) is 19.0 Å². The van der Waals surface area contributed by atoms with E-state index in [1.54, 1.807) is 18.0 Å². The Labute approximate surface area is 166 Å². The van der Waals surface area contributed by atoms with Crippen LogP contribution < -0.4 is 0 Å². The molecule has 0 fully saturated rings. The molecule has 1 amide bonds. The van der Waals surface area contributed by atoms with Crippen LogP contribution in [0.5, 0.6) is 0 Å². The molecule has 1 atom stereocenters. The van der Waals surface area contributed by atoms with Crippen molar-refractivity contribution < 1.29 is 14.1 Å². The van der Waals surface area contributed by atoms with Gasteiger partial charge in [0.15, 0.2) is 5.78 Å². The Bertz CT molecular complexity index is 891. The van der Waals surface area contributed by atoms with Crippen LogP contribution in [0.2, 0.25) is 0 Å². The topological polar surface area (TPSA) is 68.3 Å². The fraction of sp³-hybridized carbons (Fsp3) is 0.591. The second-order valence-electron chi connectivity index (χ2n) is 9.07. The molecule has 152 valence electrons. The minimum absolute atomic E-state index is 0.0278. The maximum absolute atomic E-state index is 13.0. The van der Waals surface area contributed by atoms with E-state index >= 15 is 0 Å². The molecular weight excluding hydrogens is 354 g/mol. The molecule has 2 aromatic rings. The van der Waals surface area contributed by atoms with Crippen LogP contribution in [-0.4, -0.2) is 33.4 Å². The summed E-state index contributed by atoms with van der Waals surface area (Å²) in [5.74, 6) is 0.128. The minimum Gasteiger partial charge on any atom is -0.364 e. The van der Waals surface area contributed by atoms with Gasteiger partial charge in [0.05, 0.1) is 12.5 Å². The number of rotatable bonds is 5. The van der Waals surface area contributed by atoms with Crippen LogP contribution >= 0.6 is 0 Å². The summed E-state index contributed by atoms with van der Waals surface area (Å²) in [6.07, 6.45) is 3.10. The zero-order valence-electron chi connectivity index (χ0n) is 18.0. The molecule has 0 saturated carbocycles. The van der Waals surface area contributed by atoms with E-state index < -0.39 is 0 Å². The molecule has 6 heteroatoms. The highest BCUT2D eigenvalue weighted by Gasteiger charge is 2.37. The van der Waals surface area contributed by atoms with Crippen LogP contribution in [0.4, 0.5) is 0 Å². The van der Waals surface area contributed by atoms with Gasteiger partial charge in [-0.15, -0.1) is 0 Å². The molecule has 0 N–H and O–H groups in total.